The maximum Gasteiger partial charge on any atom is 0.204 e. The van der Waals surface area contributed by atoms with Gasteiger partial charge in [-0.25, -0.2) is 4.39 Å². The summed E-state index contributed by atoms with van der Waals surface area (Å²) in [4.78, 5) is 17.6. The smallest absolute Gasteiger partial charge is 0.204 e. The molecule has 2 heterocycles. The number of primary amides is 1. The van der Waals surface area contributed by atoms with Gasteiger partial charge in [-0.2, -0.15) is 0 Å². The number of rotatable bonds is 4. The van der Waals surface area contributed by atoms with Crippen LogP contribution in [0.15, 0.2) is 54.7 Å². The van der Waals surface area contributed by atoms with E-state index in [1.165, 1.54) is 24.8 Å². The Labute approximate surface area is 272 Å². The van der Waals surface area contributed by atoms with Gasteiger partial charge < -0.3 is 11.1 Å². The summed E-state index contributed by atoms with van der Waals surface area (Å²) in [6.07, 6.45) is 12.5. The topological polar surface area (TPSA) is 80.9 Å². The number of amides is 1. The highest BCUT2D eigenvalue weighted by molar-refractivity contribution is 5.83. The van der Waals surface area contributed by atoms with Crippen molar-refractivity contribution >= 4 is 17.3 Å². The molecular formula is C39H55FN4O. The first-order chi connectivity index (χ1) is 21.6. The molecule has 0 radical (unpaired) electrons. The molecular weight excluding hydrogens is 559 g/mol. The van der Waals surface area contributed by atoms with E-state index in [2.05, 4.69) is 55.7 Å². The van der Waals surface area contributed by atoms with Crippen molar-refractivity contribution in [2.24, 2.45) is 11.7 Å². The molecule has 5 nitrogen and oxygen atoms in total. The van der Waals surface area contributed by atoms with E-state index < -0.39 is 0 Å². The molecule has 0 atom stereocenters. The molecule has 0 spiro atoms. The number of likely N-dealkylation sites (N-methyl/N-ethyl adjacent to an activating group) is 1. The van der Waals surface area contributed by atoms with Crippen molar-refractivity contribution in [2.75, 3.05) is 13.6 Å². The number of halogens is 1. The van der Waals surface area contributed by atoms with Gasteiger partial charge in [0.05, 0.1) is 11.2 Å². The zero-order chi connectivity index (χ0) is 34.4. The molecule has 1 aliphatic rings. The molecule has 1 amide bonds. The second-order valence-electron chi connectivity index (χ2n) is 10.8. The zero-order valence-corrected chi connectivity index (χ0v) is 29.2. The second kappa shape index (κ2) is 23.3. The van der Waals surface area contributed by atoms with Gasteiger partial charge in [-0.3, -0.25) is 14.8 Å². The van der Waals surface area contributed by atoms with Crippen LogP contribution in [0.25, 0.3) is 22.2 Å². The number of carbonyl (C=O) groups excluding carboxylic acids is 1. The quantitative estimate of drug-likeness (QED) is 0.178. The summed E-state index contributed by atoms with van der Waals surface area (Å²) in [6.45, 7) is 19.3. The van der Waals surface area contributed by atoms with Crippen LogP contribution in [0.3, 0.4) is 0 Å². The molecule has 2 aromatic heterocycles. The number of aromatic nitrogens is 2. The molecule has 6 heteroatoms. The van der Waals surface area contributed by atoms with E-state index in [1.807, 2.05) is 65.1 Å². The molecule has 0 aliphatic heterocycles. The molecule has 2 aromatic carbocycles. The van der Waals surface area contributed by atoms with Gasteiger partial charge in [-0.05, 0) is 93.2 Å². The second-order valence-corrected chi connectivity index (χ2v) is 10.8. The van der Waals surface area contributed by atoms with E-state index in [-0.39, 0.29) is 12.2 Å². The number of terminal acetylenes is 1. The van der Waals surface area contributed by atoms with Crippen molar-refractivity contribution in [1.82, 2.24) is 15.3 Å². The number of nitrogens with one attached hydrogen (secondary N) is 1. The van der Waals surface area contributed by atoms with Gasteiger partial charge in [-0.15, -0.1) is 6.42 Å². The number of nitrogens with zero attached hydrogens (tertiary/aromatic N) is 2. The van der Waals surface area contributed by atoms with Crippen molar-refractivity contribution < 1.29 is 9.18 Å². The molecule has 45 heavy (non-hydrogen) atoms. The number of fused-ring (bicyclic) bond motifs is 1. The van der Waals surface area contributed by atoms with Crippen LogP contribution in [0, 0.1) is 51.8 Å². The maximum atomic E-state index is 13.8. The van der Waals surface area contributed by atoms with Crippen LogP contribution >= 0.6 is 0 Å². The number of hydrogen-bond acceptors (Lipinski definition) is 4. The lowest BCUT2D eigenvalue weighted by atomic mass is 10.0. The minimum absolute atomic E-state index is 0.179. The Hall–Kier alpha value is -4.08. The van der Waals surface area contributed by atoms with Crippen molar-refractivity contribution in [2.45, 2.75) is 88.0 Å². The molecule has 5 rings (SSSR count). The van der Waals surface area contributed by atoms with Crippen molar-refractivity contribution in [3.63, 3.8) is 0 Å². The summed E-state index contributed by atoms with van der Waals surface area (Å²) in [5.74, 6) is 3.54. The summed E-state index contributed by atoms with van der Waals surface area (Å²) in [6, 6.07) is 15.3. The van der Waals surface area contributed by atoms with E-state index in [4.69, 9.17) is 16.2 Å². The Morgan fingerprint density at radius 1 is 1.02 bits per heavy atom. The number of carbonyl (C=O) groups is 1. The van der Waals surface area contributed by atoms with Crippen molar-refractivity contribution in [1.29, 1.82) is 0 Å². The third-order valence-electron chi connectivity index (χ3n) is 6.59. The number of hydrogen-bond donors (Lipinski definition) is 2. The maximum absolute atomic E-state index is 13.8. The predicted molar refractivity (Wildman–Crippen MR) is 192 cm³/mol. The first kappa shape index (κ1) is 40.9. The summed E-state index contributed by atoms with van der Waals surface area (Å²) in [5.41, 5.74) is 13.0. The number of nitrogens with two attached hydrogens (primary N) is 1. The molecule has 1 saturated carbocycles. The van der Waals surface area contributed by atoms with E-state index >= 15 is 0 Å². The fourth-order valence-electron chi connectivity index (χ4n) is 3.83. The average Bonchev–Trinajstić information content (AvgIpc) is 3.83. The van der Waals surface area contributed by atoms with Crippen LogP contribution in [-0.4, -0.2) is 30.0 Å². The largest absolute Gasteiger partial charge is 0.372 e. The van der Waals surface area contributed by atoms with E-state index in [0.717, 1.165) is 63.4 Å². The Morgan fingerprint density at radius 2 is 1.62 bits per heavy atom. The number of benzene rings is 2. The lowest BCUT2D eigenvalue weighted by Gasteiger charge is -2.12. The monoisotopic (exact) mass is 614 g/mol. The van der Waals surface area contributed by atoms with Crippen LogP contribution in [0.4, 0.5) is 4.39 Å². The fourth-order valence-corrected chi connectivity index (χ4v) is 3.83. The van der Waals surface area contributed by atoms with E-state index in [9.17, 15) is 4.39 Å². The van der Waals surface area contributed by atoms with Gasteiger partial charge in [0.2, 0.25) is 6.41 Å². The van der Waals surface area contributed by atoms with Gasteiger partial charge in [0, 0.05) is 41.4 Å². The van der Waals surface area contributed by atoms with Gasteiger partial charge >= 0.3 is 0 Å². The first-order valence-corrected chi connectivity index (χ1v) is 15.9. The molecule has 1 fully saturated rings. The van der Waals surface area contributed by atoms with Crippen LogP contribution in [0.1, 0.15) is 87.4 Å². The van der Waals surface area contributed by atoms with Crippen molar-refractivity contribution in [3.05, 3.63) is 94.1 Å². The molecule has 0 saturated heterocycles. The summed E-state index contributed by atoms with van der Waals surface area (Å²) in [7, 11) is 1.93. The third-order valence-corrected chi connectivity index (χ3v) is 6.59. The first-order valence-electron chi connectivity index (χ1n) is 15.9. The highest BCUT2D eigenvalue weighted by Gasteiger charge is 2.12. The summed E-state index contributed by atoms with van der Waals surface area (Å²) in [5, 5.41) is 4.23. The molecule has 1 aliphatic carbocycles. The predicted octanol–water partition coefficient (Wildman–Crippen LogP) is 9.06. The van der Waals surface area contributed by atoms with Crippen LogP contribution in [0.5, 0.6) is 0 Å². The standard InChI is InChI=1S/C17H21FN2.C12H9N.C4H8.C3H8.C2H6.CH3NO/c1-11-5-6-14(10-16(11)18)17-13(3)12(2)9-15(20-17)7-8-19-4;1-3-10-7-9(2)12-11(8-10)5-4-6-13-12;1-4-2-3-4;1-3-2;1-2;2-1-3/h5-6,9-10,19H,7-8H2,1-4H3;1,4-8H,2H3;4H,2-3H2,1H3;3H2,1-2H3;1-2H3;1H,(H2,2,3). The van der Waals surface area contributed by atoms with Crippen LogP contribution < -0.4 is 11.1 Å². The zero-order valence-electron chi connectivity index (χ0n) is 29.2. The minimum atomic E-state index is -0.179. The van der Waals surface area contributed by atoms with E-state index in [1.54, 1.807) is 25.3 Å². The molecule has 244 valence electrons. The lowest BCUT2D eigenvalue weighted by Crippen LogP contribution is -2.12. The lowest BCUT2D eigenvalue weighted by molar-refractivity contribution is -0.106. The Morgan fingerprint density at radius 3 is 2.13 bits per heavy atom. The average molecular weight is 615 g/mol. The number of aryl methyl sites for hydroxylation is 3. The Kier molecular flexibility index (Phi) is 21.2. The van der Waals surface area contributed by atoms with Gasteiger partial charge in [0.15, 0.2) is 0 Å². The molecule has 0 unspecified atom stereocenters. The van der Waals surface area contributed by atoms with Gasteiger partial charge in [0.25, 0.3) is 0 Å². The third kappa shape index (κ3) is 15.5. The van der Waals surface area contributed by atoms with Crippen molar-refractivity contribution in [3.8, 4) is 23.6 Å². The molecule has 4 aromatic rings. The van der Waals surface area contributed by atoms with Crippen LogP contribution in [0.2, 0.25) is 0 Å². The van der Waals surface area contributed by atoms with Gasteiger partial charge in [0.1, 0.15) is 5.82 Å². The van der Waals surface area contributed by atoms with E-state index in [0.29, 0.717) is 5.56 Å². The highest BCUT2D eigenvalue weighted by atomic mass is 19.1. The molecule has 3 N–H and O–H groups in total. The normalized spacial score (nSPS) is 10.8. The molecule has 0 bridgehead atoms. The SMILES string of the molecule is C#Cc1cc(C)c2ncccc2c1.CC.CC1CC1.CCC.CNCCc1cc(C)c(C)c(-c2ccc(C)c(F)c2)n1.NC=O. The van der Waals surface area contributed by atoms with Gasteiger partial charge in [-0.1, -0.05) is 78.0 Å². The fraction of sp³-hybridized carbons (Fsp3) is 0.410. The Bertz CT molecular complexity index is 1470. The van der Waals surface area contributed by atoms with Crippen LogP contribution in [-0.2, 0) is 11.2 Å². The summed E-state index contributed by atoms with van der Waals surface area (Å²) >= 11 is 0. The summed E-state index contributed by atoms with van der Waals surface area (Å²) < 4.78 is 13.8. The highest BCUT2D eigenvalue weighted by Crippen LogP contribution is 2.27. The minimum Gasteiger partial charge on any atom is -0.372 e. The Balaban J connectivity index is 0.000000657. The number of pyridine rings is 2.